The van der Waals surface area contributed by atoms with Gasteiger partial charge in [-0.1, -0.05) is 35.4 Å². The lowest BCUT2D eigenvalue weighted by molar-refractivity contribution is -0.114. The number of anilines is 2. The van der Waals surface area contributed by atoms with E-state index in [1.807, 2.05) is 19.1 Å². The summed E-state index contributed by atoms with van der Waals surface area (Å²) in [6.45, 7) is 1.52. The van der Waals surface area contributed by atoms with Crippen molar-refractivity contribution in [3.63, 3.8) is 0 Å². The number of sulfonamides is 1. The third kappa shape index (κ3) is 5.11. The van der Waals surface area contributed by atoms with E-state index in [-0.39, 0.29) is 10.6 Å². The van der Waals surface area contributed by atoms with Crippen LogP contribution in [0, 0.1) is 6.92 Å². The van der Waals surface area contributed by atoms with Crippen LogP contribution in [0.15, 0.2) is 77.7 Å². The first-order valence-corrected chi connectivity index (χ1v) is 10.9. The minimum absolute atomic E-state index is 0.0337. The molecule has 0 fully saturated rings. The molecule has 30 heavy (non-hydrogen) atoms. The minimum Gasteiger partial charge on any atom is -0.497 e. The third-order valence-corrected chi connectivity index (χ3v) is 6.39. The molecule has 3 aromatic carbocycles. The SMILES string of the molecule is COc1ccc(S(=O)(=O)N(CC(=O)Nc2ccc(C)cc2)c2cccc(Cl)c2)cc1. The van der Waals surface area contributed by atoms with Crippen LogP contribution in [0.25, 0.3) is 0 Å². The molecule has 0 heterocycles. The Labute approximate surface area is 181 Å². The summed E-state index contributed by atoms with van der Waals surface area (Å²) in [4.78, 5) is 12.7. The number of nitrogens with one attached hydrogen (secondary N) is 1. The average molecular weight is 445 g/mol. The number of hydrogen-bond acceptors (Lipinski definition) is 4. The molecule has 156 valence electrons. The average Bonchev–Trinajstić information content (AvgIpc) is 2.73. The fourth-order valence-electron chi connectivity index (χ4n) is 2.79. The van der Waals surface area contributed by atoms with Crippen molar-refractivity contribution in [3.8, 4) is 5.75 Å². The topological polar surface area (TPSA) is 75.7 Å². The largest absolute Gasteiger partial charge is 0.497 e. The number of carbonyl (C=O) groups is 1. The van der Waals surface area contributed by atoms with Gasteiger partial charge in [-0.2, -0.15) is 0 Å². The van der Waals surface area contributed by atoms with Crippen molar-refractivity contribution in [2.24, 2.45) is 0 Å². The van der Waals surface area contributed by atoms with Gasteiger partial charge in [-0.15, -0.1) is 0 Å². The van der Waals surface area contributed by atoms with Gasteiger partial charge in [0.15, 0.2) is 0 Å². The van der Waals surface area contributed by atoms with Crippen LogP contribution in [0.4, 0.5) is 11.4 Å². The second-order valence-corrected chi connectivity index (χ2v) is 8.88. The summed E-state index contributed by atoms with van der Waals surface area (Å²) in [6, 6.07) is 19.6. The maximum Gasteiger partial charge on any atom is 0.264 e. The predicted octanol–water partition coefficient (Wildman–Crippen LogP) is 4.49. The standard InChI is InChI=1S/C22H21ClN2O4S/c1-16-6-8-18(9-7-16)24-22(26)15-25(19-5-3-4-17(23)14-19)30(27,28)21-12-10-20(29-2)11-13-21/h3-14H,15H2,1-2H3,(H,24,26). The van der Waals surface area contributed by atoms with Crippen LogP contribution in [0.1, 0.15) is 5.56 Å². The van der Waals surface area contributed by atoms with Crippen LogP contribution in [0.5, 0.6) is 5.75 Å². The first kappa shape index (κ1) is 21.7. The number of amides is 1. The molecule has 0 radical (unpaired) electrons. The number of nitrogens with zero attached hydrogens (tertiary/aromatic N) is 1. The number of carbonyl (C=O) groups excluding carboxylic acids is 1. The van der Waals surface area contributed by atoms with Crippen LogP contribution < -0.4 is 14.4 Å². The van der Waals surface area contributed by atoms with E-state index in [0.717, 1.165) is 9.87 Å². The summed E-state index contributed by atoms with van der Waals surface area (Å²) in [5.41, 5.74) is 1.92. The first-order valence-electron chi connectivity index (χ1n) is 9.08. The van der Waals surface area contributed by atoms with Gasteiger partial charge in [0.05, 0.1) is 17.7 Å². The molecule has 0 aliphatic rings. The van der Waals surface area contributed by atoms with Gasteiger partial charge in [0, 0.05) is 10.7 Å². The van der Waals surface area contributed by atoms with Gasteiger partial charge in [-0.3, -0.25) is 9.10 Å². The maximum atomic E-state index is 13.3. The van der Waals surface area contributed by atoms with E-state index in [2.05, 4.69) is 5.32 Å². The highest BCUT2D eigenvalue weighted by molar-refractivity contribution is 7.92. The Hall–Kier alpha value is -3.03. The lowest BCUT2D eigenvalue weighted by Gasteiger charge is -2.24. The predicted molar refractivity (Wildman–Crippen MR) is 119 cm³/mol. The number of methoxy groups -OCH3 is 1. The van der Waals surface area contributed by atoms with Gasteiger partial charge < -0.3 is 10.1 Å². The number of rotatable bonds is 7. The molecule has 3 aromatic rings. The molecular weight excluding hydrogens is 424 g/mol. The number of ether oxygens (including phenoxy) is 1. The Kier molecular flexibility index (Phi) is 6.64. The van der Waals surface area contributed by atoms with Gasteiger partial charge in [0.2, 0.25) is 5.91 Å². The number of aryl methyl sites for hydroxylation is 1. The first-order chi connectivity index (χ1) is 14.3. The molecule has 1 N–H and O–H groups in total. The van der Waals surface area contributed by atoms with Gasteiger partial charge >= 0.3 is 0 Å². The van der Waals surface area contributed by atoms with Crippen molar-refractivity contribution < 1.29 is 17.9 Å². The highest BCUT2D eigenvalue weighted by Gasteiger charge is 2.27. The summed E-state index contributed by atoms with van der Waals surface area (Å²) in [5, 5.41) is 3.09. The molecule has 0 atom stereocenters. The quantitative estimate of drug-likeness (QED) is 0.582. The fourth-order valence-corrected chi connectivity index (χ4v) is 4.39. The zero-order chi connectivity index (χ0) is 21.7. The van der Waals surface area contributed by atoms with E-state index in [9.17, 15) is 13.2 Å². The fraction of sp³-hybridized carbons (Fsp3) is 0.136. The zero-order valence-corrected chi connectivity index (χ0v) is 18.1. The Morgan fingerprint density at radius 1 is 1.03 bits per heavy atom. The van der Waals surface area contributed by atoms with Crippen molar-refractivity contribution >= 4 is 38.9 Å². The highest BCUT2D eigenvalue weighted by Crippen LogP contribution is 2.27. The zero-order valence-electron chi connectivity index (χ0n) is 16.5. The molecular formula is C22H21ClN2O4S. The molecule has 0 saturated carbocycles. The second kappa shape index (κ2) is 9.19. The Morgan fingerprint density at radius 2 is 1.70 bits per heavy atom. The van der Waals surface area contributed by atoms with Crippen molar-refractivity contribution in [3.05, 3.63) is 83.4 Å². The number of halogens is 1. The van der Waals surface area contributed by atoms with E-state index >= 15 is 0 Å². The molecule has 0 aromatic heterocycles. The molecule has 3 rings (SSSR count). The molecule has 0 aliphatic heterocycles. The van der Waals surface area contributed by atoms with Crippen molar-refractivity contribution in [2.75, 3.05) is 23.3 Å². The van der Waals surface area contributed by atoms with Crippen LogP contribution >= 0.6 is 11.6 Å². The van der Waals surface area contributed by atoms with E-state index < -0.39 is 22.5 Å². The number of benzene rings is 3. The van der Waals surface area contributed by atoms with E-state index in [1.165, 1.54) is 25.3 Å². The Balaban J connectivity index is 1.93. The monoisotopic (exact) mass is 444 g/mol. The van der Waals surface area contributed by atoms with Gasteiger partial charge in [-0.25, -0.2) is 8.42 Å². The van der Waals surface area contributed by atoms with Crippen LogP contribution in [-0.2, 0) is 14.8 Å². The van der Waals surface area contributed by atoms with Crippen LogP contribution in [0.2, 0.25) is 5.02 Å². The summed E-state index contributed by atoms with van der Waals surface area (Å²) in [7, 11) is -2.53. The van der Waals surface area contributed by atoms with Crippen LogP contribution in [0.3, 0.4) is 0 Å². The normalized spacial score (nSPS) is 11.0. The van der Waals surface area contributed by atoms with Gasteiger partial charge in [0.1, 0.15) is 12.3 Å². The Morgan fingerprint density at radius 3 is 2.30 bits per heavy atom. The molecule has 1 amide bonds. The summed E-state index contributed by atoms with van der Waals surface area (Å²) >= 11 is 6.07. The molecule has 0 spiro atoms. The third-order valence-electron chi connectivity index (χ3n) is 4.37. The van der Waals surface area contributed by atoms with Crippen molar-refractivity contribution in [1.29, 1.82) is 0 Å². The van der Waals surface area contributed by atoms with Gasteiger partial charge in [-0.05, 0) is 61.5 Å². The lowest BCUT2D eigenvalue weighted by Crippen LogP contribution is -2.38. The van der Waals surface area contributed by atoms with Crippen LogP contribution in [-0.4, -0.2) is 28.0 Å². The van der Waals surface area contributed by atoms with Crippen molar-refractivity contribution in [2.45, 2.75) is 11.8 Å². The summed E-state index contributed by atoms with van der Waals surface area (Å²) < 4.78 is 32.8. The molecule has 8 heteroatoms. The summed E-state index contributed by atoms with van der Waals surface area (Å²) in [5.74, 6) is 0.0521. The molecule has 0 unspecified atom stereocenters. The minimum atomic E-state index is -4.03. The second-order valence-electron chi connectivity index (χ2n) is 6.58. The maximum absolute atomic E-state index is 13.3. The Bertz CT molecular complexity index is 1130. The van der Waals surface area contributed by atoms with E-state index in [0.29, 0.717) is 16.5 Å². The molecule has 0 aliphatic carbocycles. The smallest absolute Gasteiger partial charge is 0.264 e. The summed E-state index contributed by atoms with van der Waals surface area (Å²) in [6.07, 6.45) is 0. The molecule has 0 bridgehead atoms. The van der Waals surface area contributed by atoms with Gasteiger partial charge in [0.25, 0.3) is 10.0 Å². The van der Waals surface area contributed by atoms with E-state index in [1.54, 1.807) is 42.5 Å². The highest BCUT2D eigenvalue weighted by atomic mass is 35.5. The molecule has 0 saturated heterocycles. The van der Waals surface area contributed by atoms with E-state index in [4.69, 9.17) is 16.3 Å². The lowest BCUT2D eigenvalue weighted by atomic mass is 10.2. The molecule has 6 nitrogen and oxygen atoms in total. The number of hydrogen-bond donors (Lipinski definition) is 1. The van der Waals surface area contributed by atoms with Crippen molar-refractivity contribution in [1.82, 2.24) is 0 Å².